The second kappa shape index (κ2) is 38.0. The predicted molar refractivity (Wildman–Crippen MR) is 369 cm³/mol. The third kappa shape index (κ3) is 23.9. The molecule has 0 saturated carbocycles. The number of likely N-dealkylation sites (tertiary alicyclic amines) is 1. The minimum Gasteiger partial charge on any atom is -0.508 e. The van der Waals surface area contributed by atoms with Gasteiger partial charge in [0.25, 0.3) is 5.97 Å². The van der Waals surface area contributed by atoms with Crippen molar-refractivity contribution in [2.24, 2.45) is 28.1 Å². The molecule has 22 N–H and O–H groups in total. The zero-order valence-electron chi connectivity index (χ0n) is 56.1. The molecule has 2 aliphatic heterocycles. The molecule has 33 heteroatoms. The highest BCUT2D eigenvalue weighted by Crippen LogP contribution is 2.23. The summed E-state index contributed by atoms with van der Waals surface area (Å²) in [4.78, 5) is 178. The molecule has 0 spiro atoms. The van der Waals surface area contributed by atoms with E-state index >= 15 is 9.59 Å². The zero-order valence-corrected chi connectivity index (χ0v) is 56.1. The lowest BCUT2D eigenvalue weighted by molar-refractivity contribution is -0.142. The molecule has 2 aromatic heterocycles. The number of benzene rings is 4. The summed E-state index contributed by atoms with van der Waals surface area (Å²) in [6, 6.07) is 13.5. The number of nitrogens with zero attached hydrogens (tertiary/aromatic N) is 3. The van der Waals surface area contributed by atoms with Gasteiger partial charge in [-0.1, -0.05) is 86.6 Å². The quantitative estimate of drug-likeness (QED) is 0.0116. The van der Waals surface area contributed by atoms with E-state index in [-0.39, 0.29) is 106 Å². The average molecular weight is 1400 g/mol. The minimum atomic E-state index is -1.80. The fourth-order valence-electron chi connectivity index (χ4n) is 11.6. The van der Waals surface area contributed by atoms with Gasteiger partial charge in [-0.2, -0.15) is 0 Å². The van der Waals surface area contributed by atoms with Crippen molar-refractivity contribution in [2.45, 2.75) is 146 Å². The number of amides is 11. The van der Waals surface area contributed by atoms with E-state index in [0.29, 0.717) is 39.7 Å². The van der Waals surface area contributed by atoms with Crippen molar-refractivity contribution in [3.05, 3.63) is 132 Å². The van der Waals surface area contributed by atoms with Gasteiger partial charge < -0.3 is 101 Å². The number of hydrogen-bond donors (Lipinski definition) is 17. The number of phenolic OH excluding ortho intramolecular Hbond substituents is 1. The minimum absolute atomic E-state index is 0. The number of aliphatic imine (C=N–C) groups is 1. The molecule has 4 aromatic carbocycles. The van der Waals surface area contributed by atoms with E-state index in [1.165, 1.54) is 41.7 Å². The fraction of sp³-hybridized carbons (Fsp3) is 0.412. The number of nitrogens with one attached hydrogen (secondary N) is 11. The molecule has 11 amide bonds. The Morgan fingerprint density at radius 1 is 0.663 bits per heavy atom. The molecule has 2 aliphatic rings. The Labute approximate surface area is 580 Å². The van der Waals surface area contributed by atoms with Gasteiger partial charge in [0.1, 0.15) is 60.1 Å². The summed E-state index contributed by atoms with van der Waals surface area (Å²) in [5.41, 5.74) is 19.1. The van der Waals surface area contributed by atoms with Gasteiger partial charge >= 0.3 is 0 Å². The van der Waals surface area contributed by atoms with Crippen LogP contribution in [-0.2, 0) is 83.2 Å². The normalized spacial score (nSPS) is 16.0. The monoisotopic (exact) mass is 1400 g/mol. The SMILES string of the molecule is CC(=O)O.CC(C)CC(NC(=O)C(Cc1ccc2ccccc2c1)NC(=O)C(Cc1ccc(O)cc1)NC(=O)C(CO)NC(=O)C(Cc1c[nH]c2ccccc12)NC(=O)C(Cc1cnc[nH]1)NC(=O)C1CCC(=O)N1)C(=O)NC(CCCN=C(N)N)C(=O)N1CCCC1C(=O)NCC(N)=O.O. The standard InChI is InChI=1S/C66H83N17O13.C2H4O2.H2O/c1-36(2)25-48(58(89)76-47(13-7-23-71-66(68)69)65(96)83-24-8-14-54(83)64(95)73-33-55(67)86)77-60(91)50(28-38-15-18-39-9-3-4-10-40(39)26-38)78-59(90)49(27-37-16-19-43(85)20-17-37)79-63(94)53(34-84)82-61(92)51(29-41-31-72-45-12-6-5-11-44(41)45)80-62(93)52(30-42-32-70-35-74-42)81-57(88)46-21-22-56(87)75-46;1-2(3)4;/h3-6,9-12,15-20,26,31-32,35-36,46-54,72,84-85H,7-8,13-14,21-25,27-30,33-34H2,1-2H3,(H2,67,86)(H,70,74)(H,73,95)(H,75,87)(H,76,89)(H,77,91)(H,78,90)(H,79,94)(H,80,93)(H,81,88)(H,82,92)(H4,68,69,71);1H3,(H,3,4);1H2. The Hall–Kier alpha value is -11.5. The maximum atomic E-state index is 15.1. The summed E-state index contributed by atoms with van der Waals surface area (Å²) >= 11 is 0. The van der Waals surface area contributed by atoms with Crippen molar-refractivity contribution in [2.75, 3.05) is 26.2 Å². The van der Waals surface area contributed by atoms with Crippen LogP contribution in [0.3, 0.4) is 0 Å². The van der Waals surface area contributed by atoms with Crippen LogP contribution in [0.2, 0.25) is 0 Å². The number of guanidine groups is 1. The molecule has 542 valence electrons. The first-order valence-electron chi connectivity index (χ1n) is 32.7. The smallest absolute Gasteiger partial charge is 0.300 e. The second-order valence-electron chi connectivity index (χ2n) is 24.8. The number of rotatable bonds is 33. The lowest BCUT2D eigenvalue weighted by atomic mass is 9.98. The van der Waals surface area contributed by atoms with Gasteiger partial charge in [-0.15, -0.1) is 0 Å². The number of primary amides is 1. The first-order valence-corrected chi connectivity index (χ1v) is 32.7. The highest BCUT2D eigenvalue weighted by Gasteiger charge is 2.40. The van der Waals surface area contributed by atoms with Crippen molar-refractivity contribution in [3.63, 3.8) is 0 Å². The van der Waals surface area contributed by atoms with E-state index in [4.69, 9.17) is 27.1 Å². The van der Waals surface area contributed by atoms with E-state index < -0.39 is 133 Å². The Morgan fingerprint density at radius 3 is 1.83 bits per heavy atom. The third-order valence-corrected chi connectivity index (χ3v) is 16.5. The van der Waals surface area contributed by atoms with Crippen molar-refractivity contribution < 1.29 is 78.3 Å². The maximum absolute atomic E-state index is 15.1. The molecule has 2 saturated heterocycles. The Bertz CT molecular complexity index is 3910. The van der Waals surface area contributed by atoms with Crippen LogP contribution in [0.15, 0.2) is 115 Å². The number of fused-ring (bicyclic) bond motifs is 2. The number of aromatic amines is 2. The van der Waals surface area contributed by atoms with Crippen LogP contribution in [0, 0.1) is 5.92 Å². The van der Waals surface area contributed by atoms with Crippen LogP contribution in [0.25, 0.3) is 21.7 Å². The Kier molecular flexibility index (Phi) is 29.6. The molecule has 33 nitrogen and oxygen atoms in total. The molecule has 101 heavy (non-hydrogen) atoms. The van der Waals surface area contributed by atoms with Crippen molar-refractivity contribution in [1.82, 2.24) is 67.7 Å². The maximum Gasteiger partial charge on any atom is 0.300 e. The number of aromatic nitrogens is 3. The van der Waals surface area contributed by atoms with E-state index in [2.05, 4.69) is 67.8 Å². The number of carbonyl (C=O) groups is 12. The zero-order chi connectivity index (χ0) is 72.6. The molecule has 9 unspecified atom stereocenters. The molecule has 2 fully saturated rings. The fourth-order valence-corrected chi connectivity index (χ4v) is 11.6. The van der Waals surface area contributed by atoms with Gasteiger partial charge in [0.2, 0.25) is 65.0 Å². The molecular formula is C68H89N17O16. The van der Waals surface area contributed by atoms with Gasteiger partial charge in [-0.05, 0) is 90.1 Å². The summed E-state index contributed by atoms with van der Waals surface area (Å²) in [6.45, 7) is 3.42. The molecule has 8 rings (SSSR count). The van der Waals surface area contributed by atoms with Crippen LogP contribution < -0.4 is 65.1 Å². The number of aliphatic hydroxyl groups is 1. The molecule has 4 heterocycles. The number of carboxylic acids is 1. The number of nitrogens with two attached hydrogens (primary N) is 3. The molecule has 6 aromatic rings. The highest BCUT2D eigenvalue weighted by molar-refractivity contribution is 6.00. The number of aromatic hydroxyl groups is 1. The van der Waals surface area contributed by atoms with Crippen molar-refractivity contribution in [1.29, 1.82) is 0 Å². The summed E-state index contributed by atoms with van der Waals surface area (Å²) in [5.74, 6) is -9.85. The van der Waals surface area contributed by atoms with Gasteiger partial charge in [0.05, 0.1) is 19.5 Å². The number of para-hydroxylation sites is 1. The number of phenols is 1. The Balaban J connectivity index is 0.00000312. The number of aliphatic carboxylic acids is 1. The highest BCUT2D eigenvalue weighted by atomic mass is 16.4. The van der Waals surface area contributed by atoms with Crippen molar-refractivity contribution in [3.8, 4) is 5.75 Å². The second-order valence-corrected chi connectivity index (χ2v) is 24.8. The first kappa shape index (κ1) is 78.5. The number of hydrogen-bond acceptors (Lipinski definition) is 16. The number of carboxylic acid groups (broad SMARTS) is 1. The van der Waals surface area contributed by atoms with Gasteiger partial charge in [-0.25, -0.2) is 4.98 Å². The van der Waals surface area contributed by atoms with E-state index in [9.17, 15) is 53.4 Å². The largest absolute Gasteiger partial charge is 0.508 e. The molecule has 0 aliphatic carbocycles. The predicted octanol–water partition coefficient (Wildman–Crippen LogP) is -2.36. The van der Waals surface area contributed by atoms with Crippen LogP contribution in [0.1, 0.15) is 88.1 Å². The summed E-state index contributed by atoms with van der Waals surface area (Å²) in [6.07, 6.45) is 4.89. The average Bonchev–Trinajstić information content (AvgIpc) is 1.80. The van der Waals surface area contributed by atoms with Gasteiger partial charge in [0.15, 0.2) is 5.96 Å². The van der Waals surface area contributed by atoms with Crippen LogP contribution in [0.5, 0.6) is 5.75 Å². The third-order valence-electron chi connectivity index (χ3n) is 16.5. The van der Waals surface area contributed by atoms with Crippen LogP contribution >= 0.6 is 0 Å². The first-order chi connectivity index (χ1) is 47.7. The number of H-pyrrole nitrogens is 2. The summed E-state index contributed by atoms with van der Waals surface area (Å²) in [5, 5.41) is 55.0. The number of carbonyl (C=O) groups excluding carboxylic acids is 11. The Morgan fingerprint density at radius 2 is 1.23 bits per heavy atom. The van der Waals surface area contributed by atoms with E-state index in [1.807, 2.05) is 36.4 Å². The number of imidazole rings is 1. The van der Waals surface area contributed by atoms with Gasteiger partial charge in [-0.3, -0.25) is 62.5 Å². The molecule has 9 atom stereocenters. The van der Waals surface area contributed by atoms with Crippen LogP contribution in [-0.4, -0.2) is 198 Å². The van der Waals surface area contributed by atoms with Crippen LogP contribution in [0.4, 0.5) is 0 Å². The number of aliphatic hydroxyl groups excluding tert-OH is 1. The lowest BCUT2D eigenvalue weighted by Crippen LogP contribution is -2.61. The molecule has 0 radical (unpaired) electrons. The topological polar surface area (TPSA) is 543 Å². The lowest BCUT2D eigenvalue weighted by Gasteiger charge is -2.30. The van der Waals surface area contributed by atoms with Crippen molar-refractivity contribution >= 4 is 98.6 Å². The van der Waals surface area contributed by atoms with Gasteiger partial charge in [0, 0.05) is 81.1 Å². The van der Waals surface area contributed by atoms with E-state index in [0.717, 1.165) is 17.7 Å². The molecular weight excluding hydrogens is 1310 g/mol. The summed E-state index contributed by atoms with van der Waals surface area (Å²) < 4.78 is 0. The van der Waals surface area contributed by atoms with E-state index in [1.54, 1.807) is 50.4 Å². The summed E-state index contributed by atoms with van der Waals surface area (Å²) in [7, 11) is 0. The molecule has 0 bridgehead atoms.